The summed E-state index contributed by atoms with van der Waals surface area (Å²) >= 11 is 0. The molecule has 2 heterocycles. The maximum Gasteiger partial charge on any atom is 0.249 e. The molecule has 1 aliphatic carbocycles. The molecular formula is C16H18N4O2. The fourth-order valence-electron chi connectivity index (χ4n) is 3.03. The van der Waals surface area contributed by atoms with Gasteiger partial charge in [0.1, 0.15) is 23.8 Å². The van der Waals surface area contributed by atoms with Crippen molar-refractivity contribution in [2.45, 2.75) is 38.8 Å². The summed E-state index contributed by atoms with van der Waals surface area (Å²) in [7, 11) is 0. The second-order valence-electron chi connectivity index (χ2n) is 5.76. The highest BCUT2D eigenvalue weighted by Crippen LogP contribution is 2.32. The van der Waals surface area contributed by atoms with Crippen LogP contribution in [-0.2, 0) is 9.59 Å². The molecule has 114 valence electrons. The normalized spacial score (nSPS) is 28.6. The number of carbonyl (C=O) groups excluding carboxylic acids is 2. The minimum atomic E-state index is -0.559. The highest BCUT2D eigenvalue weighted by atomic mass is 16.2. The van der Waals surface area contributed by atoms with Crippen molar-refractivity contribution in [2.75, 3.05) is 0 Å². The van der Waals surface area contributed by atoms with Gasteiger partial charge in [-0.25, -0.2) is 0 Å². The van der Waals surface area contributed by atoms with E-state index < -0.39 is 6.04 Å². The molecule has 6 nitrogen and oxygen atoms in total. The summed E-state index contributed by atoms with van der Waals surface area (Å²) in [4.78, 5) is 29.6. The Morgan fingerprint density at radius 2 is 2.09 bits per heavy atom. The first-order valence-electron chi connectivity index (χ1n) is 7.24. The van der Waals surface area contributed by atoms with Crippen molar-refractivity contribution in [3.63, 3.8) is 0 Å². The molecule has 0 saturated carbocycles. The monoisotopic (exact) mass is 298 g/mol. The van der Waals surface area contributed by atoms with Crippen LogP contribution in [0.2, 0.25) is 0 Å². The van der Waals surface area contributed by atoms with Gasteiger partial charge < -0.3 is 4.90 Å². The Morgan fingerprint density at radius 1 is 1.36 bits per heavy atom. The van der Waals surface area contributed by atoms with Gasteiger partial charge in [-0.05, 0) is 31.4 Å². The number of hydrogen-bond donors (Lipinski definition) is 2. The molecule has 2 aliphatic heterocycles. The van der Waals surface area contributed by atoms with Crippen LogP contribution in [0.4, 0.5) is 0 Å². The van der Waals surface area contributed by atoms with Crippen LogP contribution in [0.15, 0.2) is 40.4 Å². The van der Waals surface area contributed by atoms with E-state index in [0.717, 1.165) is 16.7 Å². The lowest BCUT2D eigenvalue weighted by Crippen LogP contribution is -2.58. The average molecular weight is 298 g/mol. The maximum atomic E-state index is 12.1. The Balaban J connectivity index is 1.98. The molecule has 2 N–H and O–H groups in total. The van der Waals surface area contributed by atoms with Crippen LogP contribution >= 0.6 is 0 Å². The zero-order chi connectivity index (χ0) is 16.0. The number of rotatable bonds is 1. The topological polar surface area (TPSA) is 85.6 Å². The molecule has 0 bridgehead atoms. The second kappa shape index (κ2) is 5.05. The van der Waals surface area contributed by atoms with E-state index in [0.29, 0.717) is 12.3 Å². The van der Waals surface area contributed by atoms with Gasteiger partial charge in [-0.2, -0.15) is 0 Å². The SMILES string of the molecule is C=C1C(C)=CC=C2C(=N)N(C3CCC(=O)NC3=O)C(C)=NC12. The number of fused-ring (bicyclic) bond motifs is 1. The van der Waals surface area contributed by atoms with Crippen molar-refractivity contribution >= 4 is 23.5 Å². The van der Waals surface area contributed by atoms with Gasteiger partial charge in [0.25, 0.3) is 0 Å². The number of carbonyl (C=O) groups is 2. The smallest absolute Gasteiger partial charge is 0.249 e. The van der Waals surface area contributed by atoms with Gasteiger partial charge in [0.2, 0.25) is 11.8 Å². The van der Waals surface area contributed by atoms with Crippen LogP contribution in [0.1, 0.15) is 26.7 Å². The minimum absolute atomic E-state index is 0.248. The molecule has 1 fully saturated rings. The molecule has 22 heavy (non-hydrogen) atoms. The van der Waals surface area contributed by atoms with Crippen LogP contribution in [-0.4, -0.2) is 40.5 Å². The summed E-state index contributed by atoms with van der Waals surface area (Å²) in [5.74, 6) is 0.242. The zero-order valence-corrected chi connectivity index (χ0v) is 12.6. The minimum Gasteiger partial charge on any atom is -0.303 e. The molecule has 0 aromatic heterocycles. The summed E-state index contributed by atoms with van der Waals surface area (Å²) < 4.78 is 0. The quantitative estimate of drug-likeness (QED) is 0.716. The van der Waals surface area contributed by atoms with Crippen molar-refractivity contribution in [2.24, 2.45) is 4.99 Å². The third kappa shape index (κ3) is 2.11. The Labute approximate surface area is 128 Å². The van der Waals surface area contributed by atoms with Crippen LogP contribution in [0.25, 0.3) is 0 Å². The summed E-state index contributed by atoms with van der Waals surface area (Å²) in [5, 5.41) is 10.8. The van der Waals surface area contributed by atoms with E-state index in [4.69, 9.17) is 5.41 Å². The number of nitrogens with one attached hydrogen (secondary N) is 2. The van der Waals surface area contributed by atoms with Gasteiger partial charge in [-0.15, -0.1) is 0 Å². The summed E-state index contributed by atoms with van der Waals surface area (Å²) in [6.45, 7) is 7.81. The molecule has 2 atom stereocenters. The van der Waals surface area contributed by atoms with E-state index in [1.54, 1.807) is 11.8 Å². The van der Waals surface area contributed by atoms with E-state index in [9.17, 15) is 9.59 Å². The van der Waals surface area contributed by atoms with Gasteiger partial charge in [-0.1, -0.05) is 18.7 Å². The number of aliphatic imine (C=N–C) groups is 1. The lowest BCUT2D eigenvalue weighted by Gasteiger charge is -2.40. The van der Waals surface area contributed by atoms with Crippen molar-refractivity contribution in [3.8, 4) is 0 Å². The number of amidine groups is 2. The first-order valence-corrected chi connectivity index (χ1v) is 7.24. The van der Waals surface area contributed by atoms with Crippen molar-refractivity contribution in [3.05, 3.63) is 35.5 Å². The Bertz CT molecular complexity index is 699. The van der Waals surface area contributed by atoms with Gasteiger partial charge in [0, 0.05) is 12.0 Å². The second-order valence-corrected chi connectivity index (χ2v) is 5.76. The van der Waals surface area contributed by atoms with Gasteiger partial charge in [0.05, 0.1) is 0 Å². The molecule has 0 aromatic rings. The molecule has 0 aromatic carbocycles. The van der Waals surface area contributed by atoms with E-state index in [-0.39, 0.29) is 30.1 Å². The molecular weight excluding hydrogens is 280 g/mol. The van der Waals surface area contributed by atoms with Gasteiger partial charge in [-0.3, -0.25) is 25.3 Å². The van der Waals surface area contributed by atoms with Gasteiger partial charge in [0.15, 0.2) is 0 Å². The van der Waals surface area contributed by atoms with E-state index >= 15 is 0 Å². The number of nitrogens with zero attached hydrogens (tertiary/aromatic N) is 2. The molecule has 1 saturated heterocycles. The van der Waals surface area contributed by atoms with Crippen LogP contribution < -0.4 is 5.32 Å². The lowest BCUT2D eigenvalue weighted by molar-refractivity contribution is -0.135. The van der Waals surface area contributed by atoms with Crippen molar-refractivity contribution < 1.29 is 9.59 Å². The highest BCUT2D eigenvalue weighted by molar-refractivity contribution is 6.14. The fraction of sp³-hybridized carbons (Fsp3) is 0.375. The third-order valence-corrected chi connectivity index (χ3v) is 4.34. The maximum absolute atomic E-state index is 12.1. The predicted molar refractivity (Wildman–Crippen MR) is 83.6 cm³/mol. The summed E-state index contributed by atoms with van der Waals surface area (Å²) in [6, 6.07) is -0.807. The summed E-state index contributed by atoms with van der Waals surface area (Å²) in [6.07, 6.45) is 4.46. The first-order chi connectivity index (χ1) is 10.4. The molecule has 3 rings (SSSR count). The average Bonchev–Trinajstić information content (AvgIpc) is 2.45. The van der Waals surface area contributed by atoms with E-state index in [1.807, 2.05) is 19.1 Å². The molecule has 6 heteroatoms. The van der Waals surface area contributed by atoms with E-state index in [1.165, 1.54) is 0 Å². The summed E-state index contributed by atoms with van der Waals surface area (Å²) in [5.41, 5.74) is 2.67. The fourth-order valence-corrected chi connectivity index (χ4v) is 3.03. The van der Waals surface area contributed by atoms with E-state index in [2.05, 4.69) is 16.9 Å². The van der Waals surface area contributed by atoms with Gasteiger partial charge >= 0.3 is 0 Å². The van der Waals surface area contributed by atoms with Crippen LogP contribution in [0, 0.1) is 5.41 Å². The molecule has 0 spiro atoms. The van der Waals surface area contributed by atoms with Crippen molar-refractivity contribution in [1.29, 1.82) is 5.41 Å². The Hall–Kier alpha value is -2.50. The standard InChI is InChI=1S/C16H18N4O2/c1-8-4-5-11-14(9(8)2)18-10(3)20(15(11)17)12-6-7-13(21)19-16(12)22/h4-5,12,14,17H,2,6-7H2,1,3H3,(H,19,21,22). The molecule has 2 amide bonds. The van der Waals surface area contributed by atoms with Crippen molar-refractivity contribution in [1.82, 2.24) is 10.2 Å². The molecule has 2 unspecified atom stereocenters. The number of allylic oxidation sites excluding steroid dienone is 2. The zero-order valence-electron chi connectivity index (χ0n) is 12.6. The Morgan fingerprint density at radius 3 is 2.77 bits per heavy atom. The largest absolute Gasteiger partial charge is 0.303 e. The first kappa shape index (κ1) is 14.4. The number of piperidine rings is 1. The van der Waals surface area contributed by atoms with Crippen LogP contribution in [0.5, 0.6) is 0 Å². The molecule has 0 radical (unpaired) electrons. The third-order valence-electron chi connectivity index (χ3n) is 4.34. The number of amides is 2. The Kier molecular flexibility index (Phi) is 3.31. The molecule has 3 aliphatic rings. The highest BCUT2D eigenvalue weighted by Gasteiger charge is 2.40. The van der Waals surface area contributed by atoms with Crippen LogP contribution in [0.3, 0.4) is 0 Å². The number of imide groups is 1. The number of hydrogen-bond acceptors (Lipinski definition) is 4. The predicted octanol–water partition coefficient (Wildman–Crippen LogP) is 1.31. The lowest BCUT2D eigenvalue weighted by atomic mass is 9.87.